The number of nitrogens with one attached hydrogen (secondary N) is 1. The molecule has 3 unspecified atom stereocenters. The summed E-state index contributed by atoms with van der Waals surface area (Å²) >= 11 is 0. The van der Waals surface area contributed by atoms with E-state index in [0.717, 1.165) is 109 Å². The third-order valence-corrected chi connectivity index (χ3v) is 17.3. The number of allylic oxidation sites excluding steroid dienone is 13. The number of hydrogen-bond donors (Lipinski definition) is 1. The molecule has 0 radical (unpaired) electrons. The normalized spacial score (nSPS) is 14.0. The number of amides is 1. The number of hydrogen-bond acceptors (Lipinski definition) is 7. The Labute approximate surface area is 539 Å². The van der Waals surface area contributed by atoms with Gasteiger partial charge in [-0.25, -0.2) is 0 Å². The fraction of sp³-hybridized carbons (Fsp3) is 0.792. The number of esters is 1. The zero-order chi connectivity index (χ0) is 63.5. The number of quaternary nitrogens is 1. The van der Waals surface area contributed by atoms with E-state index in [1.165, 1.54) is 199 Å². The Morgan fingerprint density at radius 2 is 0.736 bits per heavy atom. The van der Waals surface area contributed by atoms with Crippen molar-refractivity contribution in [3.8, 4) is 0 Å². The van der Waals surface area contributed by atoms with Gasteiger partial charge in [-0.1, -0.05) is 331 Å². The summed E-state index contributed by atoms with van der Waals surface area (Å²) < 4.78 is 30.5. The Morgan fingerprint density at radius 1 is 0.414 bits per heavy atom. The summed E-state index contributed by atoms with van der Waals surface area (Å²) in [6, 6.07) is -0.896. The van der Waals surface area contributed by atoms with Crippen LogP contribution < -0.4 is 10.2 Å². The van der Waals surface area contributed by atoms with Crippen molar-refractivity contribution in [3.05, 3.63) is 85.1 Å². The largest absolute Gasteiger partial charge is 0.756 e. The van der Waals surface area contributed by atoms with Gasteiger partial charge in [0.15, 0.2) is 0 Å². The molecule has 0 fully saturated rings. The summed E-state index contributed by atoms with van der Waals surface area (Å²) in [6.07, 6.45) is 88.6. The predicted octanol–water partition coefficient (Wildman–Crippen LogP) is 23.0. The minimum absolute atomic E-state index is 0.0255. The van der Waals surface area contributed by atoms with Gasteiger partial charge in [-0.15, -0.1) is 0 Å². The standard InChI is InChI=1S/C77H141N2O7P/c1-7-10-13-16-19-22-25-27-29-31-33-35-37-38-39-40-42-43-45-47-49-51-54-57-60-63-66-69-76(80)78-74(73-85-87(82,83)84-72-71-79(4,5)6)75(68-65-62-59-56-53-24-21-18-15-12-9-3)86-77(81)70-67-64-61-58-55-52-50-48-46-44-41-36-34-32-30-28-26-23-20-17-14-11-8-2/h10,13,19,22,27,29,33,35,38-39,42-43,65,68,74-75H,7-9,11-12,14-18,20-21,23-26,28,30-32,34,36-37,40-41,44-64,66-67,69-73H2,1-6H3,(H-,78,80,82,83)/b13-10-,22-19-,29-27-,35-33-,39-38-,43-42-,68-65+. The fourth-order valence-electron chi connectivity index (χ4n) is 10.7. The van der Waals surface area contributed by atoms with E-state index in [1.807, 2.05) is 33.3 Å². The average Bonchev–Trinajstić information content (AvgIpc) is 3.70. The van der Waals surface area contributed by atoms with Gasteiger partial charge in [0.1, 0.15) is 19.3 Å². The second-order valence-corrected chi connectivity index (χ2v) is 27.5. The van der Waals surface area contributed by atoms with Crippen LogP contribution in [0.2, 0.25) is 0 Å². The Hall–Kier alpha value is -2.81. The molecule has 0 spiro atoms. The zero-order valence-electron chi connectivity index (χ0n) is 58.0. The minimum atomic E-state index is -4.71. The summed E-state index contributed by atoms with van der Waals surface area (Å²) in [5.41, 5.74) is 0. The highest BCUT2D eigenvalue weighted by Crippen LogP contribution is 2.38. The molecule has 0 saturated carbocycles. The molecule has 0 aliphatic rings. The number of phosphoric ester groups is 1. The smallest absolute Gasteiger partial charge is 0.306 e. The second-order valence-electron chi connectivity index (χ2n) is 26.1. The lowest BCUT2D eigenvalue weighted by atomic mass is 10.0. The van der Waals surface area contributed by atoms with Crippen LogP contribution >= 0.6 is 7.82 Å². The first-order valence-corrected chi connectivity index (χ1v) is 38.4. The molecule has 0 aliphatic carbocycles. The van der Waals surface area contributed by atoms with Gasteiger partial charge in [0, 0.05) is 12.8 Å². The van der Waals surface area contributed by atoms with Crippen LogP contribution in [0.25, 0.3) is 0 Å². The number of nitrogens with zero attached hydrogens (tertiary/aromatic N) is 1. The monoisotopic (exact) mass is 1240 g/mol. The molecule has 506 valence electrons. The molecule has 0 aromatic heterocycles. The van der Waals surface area contributed by atoms with Gasteiger partial charge in [0.2, 0.25) is 5.91 Å². The number of carbonyl (C=O) groups is 2. The Balaban J connectivity index is 4.99. The number of phosphoric acid groups is 1. The Bertz CT molecular complexity index is 1760. The lowest BCUT2D eigenvalue weighted by Crippen LogP contribution is -2.47. The molecule has 0 aliphatic heterocycles. The van der Waals surface area contributed by atoms with E-state index in [4.69, 9.17) is 13.8 Å². The predicted molar refractivity (Wildman–Crippen MR) is 376 cm³/mol. The zero-order valence-corrected chi connectivity index (χ0v) is 58.9. The van der Waals surface area contributed by atoms with E-state index in [9.17, 15) is 19.0 Å². The van der Waals surface area contributed by atoms with E-state index >= 15 is 0 Å². The molecule has 0 heterocycles. The molecule has 10 heteroatoms. The van der Waals surface area contributed by atoms with E-state index in [0.29, 0.717) is 17.4 Å². The van der Waals surface area contributed by atoms with Gasteiger partial charge < -0.3 is 28.5 Å². The highest BCUT2D eigenvalue weighted by molar-refractivity contribution is 7.45. The van der Waals surface area contributed by atoms with Crippen molar-refractivity contribution in [2.75, 3.05) is 40.9 Å². The van der Waals surface area contributed by atoms with Crippen LogP contribution in [0.5, 0.6) is 0 Å². The molecule has 0 bridgehead atoms. The maximum absolute atomic E-state index is 13.6. The van der Waals surface area contributed by atoms with E-state index < -0.39 is 26.6 Å². The number of ether oxygens (including phenoxy) is 1. The molecule has 0 rings (SSSR count). The van der Waals surface area contributed by atoms with Crippen molar-refractivity contribution in [2.24, 2.45) is 0 Å². The van der Waals surface area contributed by atoms with E-state index in [2.05, 4.69) is 99.0 Å². The van der Waals surface area contributed by atoms with Gasteiger partial charge >= 0.3 is 5.97 Å². The lowest BCUT2D eigenvalue weighted by Gasteiger charge is -2.30. The third-order valence-electron chi connectivity index (χ3n) is 16.3. The molecule has 0 aromatic rings. The van der Waals surface area contributed by atoms with Gasteiger partial charge in [-0.3, -0.25) is 14.2 Å². The highest BCUT2D eigenvalue weighted by atomic mass is 31.2. The van der Waals surface area contributed by atoms with E-state index in [1.54, 1.807) is 0 Å². The van der Waals surface area contributed by atoms with Crippen molar-refractivity contribution in [2.45, 2.75) is 354 Å². The van der Waals surface area contributed by atoms with Gasteiger partial charge in [0.05, 0.1) is 33.8 Å². The maximum atomic E-state index is 13.6. The first kappa shape index (κ1) is 84.2. The third kappa shape index (κ3) is 67.4. The topological polar surface area (TPSA) is 114 Å². The quantitative estimate of drug-likeness (QED) is 0.0212. The summed E-state index contributed by atoms with van der Waals surface area (Å²) in [6.45, 7) is 6.76. The molecule has 3 atom stereocenters. The fourth-order valence-corrected chi connectivity index (χ4v) is 11.4. The van der Waals surface area contributed by atoms with Crippen molar-refractivity contribution in [1.82, 2.24) is 5.32 Å². The van der Waals surface area contributed by atoms with E-state index in [-0.39, 0.29) is 24.9 Å². The first-order valence-electron chi connectivity index (χ1n) is 36.9. The molecule has 0 saturated heterocycles. The van der Waals surface area contributed by atoms with Crippen LogP contribution in [0.4, 0.5) is 0 Å². The van der Waals surface area contributed by atoms with Crippen LogP contribution in [0, 0.1) is 0 Å². The maximum Gasteiger partial charge on any atom is 0.306 e. The van der Waals surface area contributed by atoms with Crippen molar-refractivity contribution < 1.29 is 37.3 Å². The second kappa shape index (κ2) is 66.1. The Kier molecular flexibility index (Phi) is 64.0. The lowest BCUT2D eigenvalue weighted by molar-refractivity contribution is -0.870. The van der Waals surface area contributed by atoms with Crippen LogP contribution in [-0.4, -0.2) is 69.4 Å². The van der Waals surface area contributed by atoms with Crippen molar-refractivity contribution in [1.29, 1.82) is 0 Å². The highest BCUT2D eigenvalue weighted by Gasteiger charge is 2.27. The summed E-state index contributed by atoms with van der Waals surface area (Å²) in [7, 11) is 1.18. The van der Waals surface area contributed by atoms with Gasteiger partial charge in [0.25, 0.3) is 7.82 Å². The number of likely N-dealkylation sites (N-methyl/N-ethyl adjacent to an activating group) is 1. The van der Waals surface area contributed by atoms with Crippen molar-refractivity contribution >= 4 is 19.7 Å². The summed E-state index contributed by atoms with van der Waals surface area (Å²) in [4.78, 5) is 40.2. The van der Waals surface area contributed by atoms with Gasteiger partial charge in [-0.05, 0) is 83.1 Å². The van der Waals surface area contributed by atoms with Crippen molar-refractivity contribution in [3.63, 3.8) is 0 Å². The molecule has 0 aromatic carbocycles. The minimum Gasteiger partial charge on any atom is -0.756 e. The van der Waals surface area contributed by atoms with Crippen LogP contribution in [0.1, 0.15) is 342 Å². The summed E-state index contributed by atoms with van der Waals surface area (Å²) in [5.74, 6) is -0.540. The van der Waals surface area contributed by atoms with Crippen LogP contribution in [0.15, 0.2) is 85.1 Å². The molecule has 1 N–H and O–H groups in total. The molecule has 9 nitrogen and oxygen atoms in total. The Morgan fingerprint density at radius 3 is 1.10 bits per heavy atom. The average molecular weight is 1240 g/mol. The summed E-state index contributed by atoms with van der Waals surface area (Å²) in [5, 5.41) is 3.04. The molecular weight excluding hydrogens is 1100 g/mol. The number of unbranched alkanes of at least 4 members (excludes halogenated alkanes) is 39. The van der Waals surface area contributed by atoms with Gasteiger partial charge in [-0.2, -0.15) is 0 Å². The van der Waals surface area contributed by atoms with Crippen LogP contribution in [-0.2, 0) is 27.9 Å². The molecule has 1 amide bonds. The number of rotatable bonds is 67. The van der Waals surface area contributed by atoms with Crippen LogP contribution in [0.3, 0.4) is 0 Å². The number of carbonyl (C=O) groups excluding carboxylic acids is 2. The molecular formula is C77H141N2O7P. The first-order chi connectivity index (χ1) is 42.4. The SMILES string of the molecule is CC/C=C\C/C=C\C/C=C\C/C=C\C/C=C\C/C=C\CCCCCCCCCCC(=O)NC(COP(=O)([O-])OCC[N+](C)(C)C)C(/C=C/CCCCCCCCCCC)OC(=O)CCCCCCCCCCCCCCCCCCCCCCCCC. The molecule has 87 heavy (non-hydrogen) atoms.